The van der Waals surface area contributed by atoms with E-state index in [1.165, 1.54) is 4.90 Å². The number of halogens is 5. The SMILES string of the molecule is C[C@@H]1Cc2cc(OCc3ccccc3)ccc2[C@@H](c2c(F)cc(NC3CN(C(=O)OC(C)(C)C)C3)cc2F)N1CC(F)(F)F. The van der Waals surface area contributed by atoms with Crippen LogP contribution in [0.1, 0.15) is 56.0 Å². The Labute approximate surface area is 253 Å². The first kappa shape index (κ1) is 31.6. The Morgan fingerprint density at radius 3 is 2.25 bits per heavy atom. The lowest BCUT2D eigenvalue weighted by Crippen LogP contribution is -2.57. The number of carbonyl (C=O) groups is 1. The van der Waals surface area contributed by atoms with Crippen molar-refractivity contribution in [2.75, 3.05) is 25.0 Å². The zero-order chi connectivity index (χ0) is 31.8. The van der Waals surface area contributed by atoms with Gasteiger partial charge in [0.1, 0.15) is 29.6 Å². The van der Waals surface area contributed by atoms with E-state index in [-0.39, 0.29) is 31.2 Å². The van der Waals surface area contributed by atoms with E-state index in [1.807, 2.05) is 30.3 Å². The fourth-order valence-corrected chi connectivity index (χ4v) is 5.71. The summed E-state index contributed by atoms with van der Waals surface area (Å²) in [4.78, 5) is 14.8. The third-order valence-corrected chi connectivity index (χ3v) is 7.69. The number of ether oxygens (including phenoxy) is 2. The van der Waals surface area contributed by atoms with Gasteiger partial charge in [0.05, 0.1) is 18.6 Å². The third kappa shape index (κ3) is 7.43. The molecule has 1 fully saturated rings. The minimum absolute atomic E-state index is 0.133. The number of hydrogen-bond donors (Lipinski definition) is 1. The average molecular weight is 618 g/mol. The Kier molecular flexibility index (Phi) is 8.80. The molecule has 2 aliphatic heterocycles. The summed E-state index contributed by atoms with van der Waals surface area (Å²) in [7, 11) is 0. The summed E-state index contributed by atoms with van der Waals surface area (Å²) in [5, 5.41) is 3.01. The molecule has 11 heteroatoms. The molecular weight excluding hydrogens is 581 g/mol. The molecule has 0 aliphatic carbocycles. The van der Waals surface area contributed by atoms with E-state index in [0.29, 0.717) is 23.5 Å². The van der Waals surface area contributed by atoms with Crippen molar-refractivity contribution in [3.63, 3.8) is 0 Å². The third-order valence-electron chi connectivity index (χ3n) is 7.69. The number of amides is 1. The van der Waals surface area contributed by atoms with E-state index in [4.69, 9.17) is 9.47 Å². The Balaban J connectivity index is 1.39. The number of anilines is 1. The molecule has 1 N–H and O–H groups in total. The number of carbonyl (C=O) groups excluding carboxylic acids is 1. The highest BCUT2D eigenvalue weighted by Gasteiger charge is 2.43. The minimum atomic E-state index is -4.58. The molecule has 1 saturated heterocycles. The van der Waals surface area contributed by atoms with Gasteiger partial charge >= 0.3 is 12.3 Å². The van der Waals surface area contributed by atoms with Crippen LogP contribution in [-0.4, -0.2) is 59.4 Å². The minimum Gasteiger partial charge on any atom is -0.489 e. The van der Waals surface area contributed by atoms with Gasteiger partial charge in [-0.1, -0.05) is 36.4 Å². The fourth-order valence-electron chi connectivity index (χ4n) is 5.71. The molecule has 0 spiro atoms. The predicted molar refractivity (Wildman–Crippen MR) is 157 cm³/mol. The molecule has 2 aliphatic rings. The molecule has 44 heavy (non-hydrogen) atoms. The van der Waals surface area contributed by atoms with Crippen LogP contribution in [0.2, 0.25) is 0 Å². The molecule has 0 radical (unpaired) electrons. The Hall–Kier alpha value is -3.86. The molecule has 6 nitrogen and oxygen atoms in total. The molecule has 0 bridgehead atoms. The monoisotopic (exact) mass is 617 g/mol. The van der Waals surface area contributed by atoms with Gasteiger partial charge < -0.3 is 19.7 Å². The smallest absolute Gasteiger partial charge is 0.410 e. The number of rotatable bonds is 7. The number of alkyl halides is 3. The number of hydrogen-bond acceptors (Lipinski definition) is 5. The van der Waals surface area contributed by atoms with Crippen molar-refractivity contribution in [2.24, 2.45) is 0 Å². The van der Waals surface area contributed by atoms with Crippen LogP contribution in [0.25, 0.3) is 0 Å². The number of fused-ring (bicyclic) bond motifs is 1. The quantitative estimate of drug-likeness (QED) is 0.279. The van der Waals surface area contributed by atoms with Crippen LogP contribution >= 0.6 is 0 Å². The first-order chi connectivity index (χ1) is 20.7. The van der Waals surface area contributed by atoms with E-state index in [0.717, 1.165) is 22.6 Å². The molecule has 5 rings (SSSR count). The standard InChI is InChI=1S/C33H36F5N3O3/c1-20-12-22-13-25(43-18-21-8-6-5-7-9-21)10-11-26(22)30(41(20)19-33(36,37)38)29-27(34)14-23(15-28(29)35)39-24-16-40(17-24)31(42)44-32(2,3)4/h5-11,13-15,20,24,30,39H,12,16-19H2,1-4H3/t20-,30+/m1/s1. The van der Waals surface area contributed by atoms with Crippen molar-refractivity contribution >= 4 is 11.8 Å². The summed E-state index contributed by atoms with van der Waals surface area (Å²) in [6, 6.07) is 14.4. The van der Waals surface area contributed by atoms with Crippen LogP contribution in [0.3, 0.4) is 0 Å². The van der Waals surface area contributed by atoms with E-state index in [1.54, 1.807) is 45.9 Å². The van der Waals surface area contributed by atoms with Gasteiger partial charge in [0, 0.05) is 30.4 Å². The van der Waals surface area contributed by atoms with Crippen molar-refractivity contribution in [1.29, 1.82) is 0 Å². The van der Waals surface area contributed by atoms with Crippen molar-refractivity contribution in [1.82, 2.24) is 9.80 Å². The fraction of sp³-hybridized carbons (Fsp3) is 0.424. The van der Waals surface area contributed by atoms with Crippen LogP contribution in [0.5, 0.6) is 5.75 Å². The largest absolute Gasteiger partial charge is 0.489 e. The van der Waals surface area contributed by atoms with Crippen molar-refractivity contribution < 1.29 is 36.2 Å². The lowest BCUT2D eigenvalue weighted by Gasteiger charge is -2.43. The second-order valence-electron chi connectivity index (χ2n) is 12.5. The van der Waals surface area contributed by atoms with Gasteiger partial charge in [-0.15, -0.1) is 0 Å². The van der Waals surface area contributed by atoms with Crippen LogP contribution in [0.4, 0.5) is 32.4 Å². The topological polar surface area (TPSA) is 54.0 Å². The highest BCUT2D eigenvalue weighted by Crippen LogP contribution is 2.43. The first-order valence-electron chi connectivity index (χ1n) is 14.5. The number of benzene rings is 3. The summed E-state index contributed by atoms with van der Waals surface area (Å²) in [6.45, 7) is 6.43. The van der Waals surface area contributed by atoms with Crippen molar-refractivity contribution in [3.05, 3.63) is 94.6 Å². The molecule has 3 aromatic carbocycles. The second-order valence-corrected chi connectivity index (χ2v) is 12.5. The second kappa shape index (κ2) is 12.3. The molecule has 2 atom stereocenters. The van der Waals surface area contributed by atoms with Crippen LogP contribution in [0, 0.1) is 11.6 Å². The number of nitrogens with zero attached hydrogens (tertiary/aromatic N) is 2. The summed E-state index contributed by atoms with van der Waals surface area (Å²) < 4.78 is 84.0. The van der Waals surface area contributed by atoms with Crippen LogP contribution < -0.4 is 10.1 Å². The Morgan fingerprint density at radius 1 is 0.977 bits per heavy atom. The van der Waals surface area contributed by atoms with E-state index in [9.17, 15) is 18.0 Å². The maximum absolute atomic E-state index is 15.8. The molecule has 3 aromatic rings. The first-order valence-corrected chi connectivity index (χ1v) is 14.5. The zero-order valence-electron chi connectivity index (χ0n) is 25.1. The molecular formula is C33H36F5N3O3. The van der Waals surface area contributed by atoms with Gasteiger partial charge in [-0.25, -0.2) is 13.6 Å². The molecule has 1 amide bonds. The van der Waals surface area contributed by atoms with Crippen LogP contribution in [0.15, 0.2) is 60.7 Å². The van der Waals surface area contributed by atoms with E-state index < -0.39 is 53.7 Å². The lowest BCUT2D eigenvalue weighted by atomic mass is 9.84. The summed E-state index contributed by atoms with van der Waals surface area (Å²) in [6.07, 6.45) is -4.81. The van der Waals surface area contributed by atoms with Crippen molar-refractivity contribution in [2.45, 2.75) is 70.6 Å². The van der Waals surface area contributed by atoms with Crippen molar-refractivity contribution in [3.8, 4) is 5.75 Å². The molecule has 0 unspecified atom stereocenters. The van der Waals surface area contributed by atoms with Gasteiger partial charge in [-0.2, -0.15) is 13.2 Å². The Bertz CT molecular complexity index is 1460. The molecule has 0 saturated carbocycles. The van der Waals surface area contributed by atoms with Gasteiger partial charge in [0.25, 0.3) is 0 Å². The lowest BCUT2D eigenvalue weighted by molar-refractivity contribution is -0.155. The number of likely N-dealkylation sites (tertiary alicyclic amines) is 1. The summed E-state index contributed by atoms with van der Waals surface area (Å²) in [5.41, 5.74) is 1.05. The summed E-state index contributed by atoms with van der Waals surface area (Å²) >= 11 is 0. The normalized spacial score (nSPS) is 19.2. The Morgan fingerprint density at radius 2 is 1.64 bits per heavy atom. The highest BCUT2D eigenvalue weighted by atomic mass is 19.4. The molecule has 0 aromatic heterocycles. The van der Waals surface area contributed by atoms with E-state index >= 15 is 8.78 Å². The molecule has 2 heterocycles. The van der Waals surface area contributed by atoms with E-state index in [2.05, 4.69) is 5.32 Å². The maximum Gasteiger partial charge on any atom is 0.410 e. The van der Waals surface area contributed by atoms with Gasteiger partial charge in [0.15, 0.2) is 0 Å². The summed E-state index contributed by atoms with van der Waals surface area (Å²) in [5.74, 6) is -1.40. The zero-order valence-corrected chi connectivity index (χ0v) is 25.1. The maximum atomic E-state index is 15.8. The average Bonchev–Trinajstić information content (AvgIpc) is 2.89. The molecule has 236 valence electrons. The van der Waals surface area contributed by atoms with Gasteiger partial charge in [0.2, 0.25) is 0 Å². The van der Waals surface area contributed by atoms with Gasteiger partial charge in [-0.05, 0) is 75.1 Å². The number of nitrogens with one attached hydrogen (secondary N) is 1. The predicted octanol–water partition coefficient (Wildman–Crippen LogP) is 7.47. The van der Waals surface area contributed by atoms with Crippen LogP contribution in [-0.2, 0) is 17.8 Å². The highest BCUT2D eigenvalue weighted by molar-refractivity contribution is 5.69. The van der Waals surface area contributed by atoms with Gasteiger partial charge in [-0.3, -0.25) is 4.90 Å².